The van der Waals surface area contributed by atoms with E-state index in [-0.39, 0.29) is 17.4 Å². The Morgan fingerprint density at radius 3 is 2.59 bits per heavy atom. The fourth-order valence-corrected chi connectivity index (χ4v) is 2.80. The number of halogens is 2. The number of nitrogens with zero attached hydrogens (tertiary/aromatic N) is 4. The molecule has 0 amide bonds. The molecule has 0 aliphatic heterocycles. The van der Waals surface area contributed by atoms with Crippen LogP contribution in [0, 0.1) is 21.9 Å². The highest BCUT2D eigenvalue weighted by Crippen LogP contribution is 2.34. The SMILES string of the molecule is O=[N+]([O-])c1cn(C2CCCCC2)nc1-c1nc(F)ccc1F. The summed E-state index contributed by atoms with van der Waals surface area (Å²) in [6, 6.07) is 1.81. The van der Waals surface area contributed by atoms with Crippen LogP contribution in [0.3, 0.4) is 0 Å². The maximum atomic E-state index is 13.8. The third-order valence-electron chi connectivity index (χ3n) is 3.89. The third-order valence-corrected chi connectivity index (χ3v) is 3.89. The first kappa shape index (κ1) is 14.6. The average molecular weight is 308 g/mol. The molecule has 6 nitrogen and oxygen atoms in total. The van der Waals surface area contributed by atoms with Gasteiger partial charge in [-0.1, -0.05) is 19.3 Å². The Hall–Kier alpha value is -2.38. The van der Waals surface area contributed by atoms with Crippen LogP contribution in [-0.2, 0) is 0 Å². The van der Waals surface area contributed by atoms with Gasteiger partial charge >= 0.3 is 5.69 Å². The number of nitro groups is 1. The van der Waals surface area contributed by atoms with Crippen molar-refractivity contribution >= 4 is 5.69 Å². The van der Waals surface area contributed by atoms with E-state index in [4.69, 9.17) is 0 Å². The fourth-order valence-electron chi connectivity index (χ4n) is 2.80. The van der Waals surface area contributed by atoms with Gasteiger partial charge < -0.3 is 0 Å². The van der Waals surface area contributed by atoms with Crippen LogP contribution in [-0.4, -0.2) is 19.7 Å². The highest BCUT2D eigenvalue weighted by molar-refractivity contribution is 5.66. The van der Waals surface area contributed by atoms with Gasteiger partial charge in [0.15, 0.2) is 11.5 Å². The van der Waals surface area contributed by atoms with E-state index in [0.29, 0.717) is 0 Å². The first-order valence-electron chi connectivity index (χ1n) is 7.12. The Labute approximate surface area is 124 Å². The number of hydrogen-bond acceptors (Lipinski definition) is 4. The van der Waals surface area contributed by atoms with Crippen molar-refractivity contribution in [1.29, 1.82) is 0 Å². The Morgan fingerprint density at radius 2 is 1.91 bits per heavy atom. The summed E-state index contributed by atoms with van der Waals surface area (Å²) in [7, 11) is 0. The molecule has 1 saturated carbocycles. The van der Waals surface area contributed by atoms with Gasteiger partial charge in [-0.25, -0.2) is 9.37 Å². The molecule has 1 aliphatic rings. The second kappa shape index (κ2) is 5.78. The van der Waals surface area contributed by atoms with Crippen LogP contribution in [0.1, 0.15) is 38.1 Å². The largest absolute Gasteiger partial charge is 0.316 e. The minimum absolute atomic E-state index is 0.0535. The van der Waals surface area contributed by atoms with Crippen LogP contribution in [0.15, 0.2) is 18.3 Å². The maximum absolute atomic E-state index is 13.8. The Kier molecular flexibility index (Phi) is 3.82. The minimum Gasteiger partial charge on any atom is -0.262 e. The van der Waals surface area contributed by atoms with Crippen LogP contribution in [0.5, 0.6) is 0 Å². The topological polar surface area (TPSA) is 73.8 Å². The highest BCUT2D eigenvalue weighted by atomic mass is 19.1. The molecule has 1 aliphatic carbocycles. The lowest BCUT2D eigenvalue weighted by atomic mass is 9.96. The van der Waals surface area contributed by atoms with Crippen molar-refractivity contribution in [3.8, 4) is 11.4 Å². The molecule has 3 rings (SSSR count). The van der Waals surface area contributed by atoms with Gasteiger partial charge in [0.2, 0.25) is 5.95 Å². The monoisotopic (exact) mass is 308 g/mol. The first-order valence-corrected chi connectivity index (χ1v) is 7.12. The smallest absolute Gasteiger partial charge is 0.262 e. The van der Waals surface area contributed by atoms with Gasteiger partial charge in [-0.05, 0) is 25.0 Å². The molecule has 0 N–H and O–H groups in total. The maximum Gasteiger partial charge on any atom is 0.316 e. The average Bonchev–Trinajstić information content (AvgIpc) is 2.96. The van der Waals surface area contributed by atoms with E-state index >= 15 is 0 Å². The molecule has 8 heteroatoms. The van der Waals surface area contributed by atoms with Crippen LogP contribution < -0.4 is 0 Å². The van der Waals surface area contributed by atoms with E-state index in [2.05, 4.69) is 10.1 Å². The molecule has 2 aromatic rings. The zero-order valence-corrected chi connectivity index (χ0v) is 11.7. The van der Waals surface area contributed by atoms with E-state index in [0.717, 1.165) is 44.2 Å². The van der Waals surface area contributed by atoms with Crippen LogP contribution in [0.25, 0.3) is 11.4 Å². The summed E-state index contributed by atoms with van der Waals surface area (Å²) in [5.74, 6) is -1.74. The zero-order chi connectivity index (χ0) is 15.7. The van der Waals surface area contributed by atoms with E-state index in [1.807, 2.05) is 0 Å². The van der Waals surface area contributed by atoms with Gasteiger partial charge in [0.25, 0.3) is 0 Å². The molecule has 0 unspecified atom stereocenters. The van der Waals surface area contributed by atoms with E-state index < -0.39 is 22.4 Å². The van der Waals surface area contributed by atoms with Crippen LogP contribution >= 0.6 is 0 Å². The van der Waals surface area contributed by atoms with Crippen molar-refractivity contribution in [2.24, 2.45) is 0 Å². The predicted octanol–water partition coefficient (Wildman–Crippen LogP) is 3.64. The van der Waals surface area contributed by atoms with Crippen molar-refractivity contribution in [2.45, 2.75) is 38.1 Å². The summed E-state index contributed by atoms with van der Waals surface area (Å²) in [5.41, 5.74) is -1.02. The summed E-state index contributed by atoms with van der Waals surface area (Å²) in [6.07, 6.45) is 6.22. The highest BCUT2D eigenvalue weighted by Gasteiger charge is 2.28. The molecular weight excluding hydrogens is 294 g/mol. The molecule has 0 radical (unpaired) electrons. The summed E-state index contributed by atoms with van der Waals surface area (Å²) >= 11 is 0. The molecule has 1 fully saturated rings. The summed E-state index contributed by atoms with van der Waals surface area (Å²) in [5, 5.41) is 15.3. The molecule has 0 saturated heterocycles. The minimum atomic E-state index is -0.905. The molecule has 0 aromatic carbocycles. The Balaban J connectivity index is 2.07. The Bertz CT molecular complexity index is 711. The number of aromatic nitrogens is 3. The molecule has 2 aromatic heterocycles. The predicted molar refractivity (Wildman–Crippen MR) is 74.2 cm³/mol. The van der Waals surface area contributed by atoms with Crippen molar-refractivity contribution in [1.82, 2.24) is 14.8 Å². The lowest BCUT2D eigenvalue weighted by Gasteiger charge is -2.21. The van der Waals surface area contributed by atoms with E-state index in [9.17, 15) is 18.9 Å². The van der Waals surface area contributed by atoms with Crippen molar-refractivity contribution < 1.29 is 13.7 Å². The van der Waals surface area contributed by atoms with Gasteiger partial charge in [-0.15, -0.1) is 0 Å². The Morgan fingerprint density at radius 1 is 1.18 bits per heavy atom. The summed E-state index contributed by atoms with van der Waals surface area (Å²) in [6.45, 7) is 0. The number of rotatable bonds is 3. The second-order valence-corrected chi connectivity index (χ2v) is 5.36. The van der Waals surface area contributed by atoms with Gasteiger partial charge in [-0.3, -0.25) is 14.8 Å². The molecule has 0 spiro atoms. The molecule has 0 bridgehead atoms. The molecule has 0 atom stereocenters. The lowest BCUT2D eigenvalue weighted by Crippen LogP contribution is -2.13. The fraction of sp³-hybridized carbons (Fsp3) is 0.429. The molecule has 22 heavy (non-hydrogen) atoms. The van der Waals surface area contributed by atoms with Gasteiger partial charge in [0.1, 0.15) is 11.9 Å². The normalized spacial score (nSPS) is 15.9. The number of pyridine rings is 1. The second-order valence-electron chi connectivity index (χ2n) is 5.36. The van der Waals surface area contributed by atoms with Gasteiger partial charge in [0, 0.05) is 0 Å². The van der Waals surface area contributed by atoms with Crippen molar-refractivity contribution in [3.05, 3.63) is 40.2 Å². The number of hydrogen-bond donors (Lipinski definition) is 0. The lowest BCUT2D eigenvalue weighted by molar-refractivity contribution is -0.384. The van der Waals surface area contributed by atoms with Gasteiger partial charge in [-0.2, -0.15) is 9.49 Å². The third kappa shape index (κ3) is 2.68. The molecular formula is C14H14F2N4O2. The van der Waals surface area contributed by atoms with Crippen molar-refractivity contribution in [2.75, 3.05) is 0 Å². The van der Waals surface area contributed by atoms with Crippen LogP contribution in [0.2, 0.25) is 0 Å². The standard InChI is InChI=1S/C14H14F2N4O2/c15-10-6-7-12(16)17-13(10)14-11(20(21)22)8-19(18-14)9-4-2-1-3-5-9/h6-9H,1-5H2. The quantitative estimate of drug-likeness (QED) is 0.493. The van der Waals surface area contributed by atoms with Gasteiger partial charge in [0.05, 0.1) is 11.0 Å². The zero-order valence-electron chi connectivity index (χ0n) is 11.7. The van der Waals surface area contributed by atoms with Crippen LogP contribution in [0.4, 0.5) is 14.5 Å². The summed E-state index contributed by atoms with van der Waals surface area (Å²) < 4.78 is 28.6. The van der Waals surface area contributed by atoms with E-state index in [1.165, 1.54) is 10.9 Å². The summed E-state index contributed by atoms with van der Waals surface area (Å²) in [4.78, 5) is 14.0. The van der Waals surface area contributed by atoms with E-state index in [1.54, 1.807) is 0 Å². The first-order chi connectivity index (χ1) is 10.6. The van der Waals surface area contributed by atoms with Crippen molar-refractivity contribution in [3.63, 3.8) is 0 Å². The molecule has 2 heterocycles. The molecule has 116 valence electrons.